The highest BCUT2D eigenvalue weighted by Gasteiger charge is 2.08. The number of carbonyl (C=O) groups excluding carboxylic acids is 1. The molecule has 0 bridgehead atoms. The van der Waals surface area contributed by atoms with Crippen molar-refractivity contribution in [2.75, 3.05) is 5.32 Å². The lowest BCUT2D eigenvalue weighted by Crippen LogP contribution is -2.27. The predicted octanol–water partition coefficient (Wildman–Crippen LogP) is 2.93. The Morgan fingerprint density at radius 2 is 2.00 bits per heavy atom. The van der Waals surface area contributed by atoms with Crippen LogP contribution in [0, 0.1) is 5.82 Å². The van der Waals surface area contributed by atoms with E-state index in [1.165, 1.54) is 12.1 Å². The van der Waals surface area contributed by atoms with Crippen LogP contribution < -0.4 is 10.9 Å². The summed E-state index contributed by atoms with van der Waals surface area (Å²) in [6.07, 6.45) is 0.964. The Balaban J connectivity index is 2.13. The van der Waals surface area contributed by atoms with Gasteiger partial charge in [-0.05, 0) is 24.3 Å². The second kappa shape index (κ2) is 6.07. The van der Waals surface area contributed by atoms with Gasteiger partial charge in [-0.1, -0.05) is 23.2 Å². The van der Waals surface area contributed by atoms with E-state index in [-0.39, 0.29) is 11.6 Å². The summed E-state index contributed by atoms with van der Waals surface area (Å²) in [6, 6.07) is 6.67. The van der Waals surface area contributed by atoms with Crippen molar-refractivity contribution in [3.63, 3.8) is 0 Å². The molecule has 0 spiro atoms. The van der Waals surface area contributed by atoms with Crippen molar-refractivity contribution in [1.82, 2.24) is 4.57 Å². The molecule has 0 radical (unpaired) electrons. The maximum Gasteiger partial charge on any atom is 0.251 e. The van der Waals surface area contributed by atoms with Crippen molar-refractivity contribution in [2.45, 2.75) is 6.54 Å². The van der Waals surface area contributed by atoms with Crippen LogP contribution in [0.2, 0.25) is 10.0 Å². The lowest BCUT2D eigenvalue weighted by Gasteiger charge is -2.09. The van der Waals surface area contributed by atoms with Gasteiger partial charge in [-0.15, -0.1) is 0 Å². The fourth-order valence-corrected chi connectivity index (χ4v) is 2.02. The number of hydrogen-bond acceptors (Lipinski definition) is 2. The first-order valence-corrected chi connectivity index (χ1v) is 6.32. The van der Waals surface area contributed by atoms with E-state index in [0.717, 1.165) is 22.9 Å². The molecule has 1 amide bonds. The van der Waals surface area contributed by atoms with Crippen LogP contribution >= 0.6 is 23.2 Å². The van der Waals surface area contributed by atoms with E-state index in [1.54, 1.807) is 6.07 Å². The summed E-state index contributed by atoms with van der Waals surface area (Å²) < 4.78 is 14.0. The quantitative estimate of drug-likeness (QED) is 0.947. The highest BCUT2D eigenvalue weighted by molar-refractivity contribution is 6.36. The number of nitrogens with zero attached hydrogens (tertiary/aromatic N) is 1. The van der Waals surface area contributed by atoms with Crippen molar-refractivity contribution in [3.05, 3.63) is 62.7 Å². The van der Waals surface area contributed by atoms with Gasteiger partial charge >= 0.3 is 0 Å². The van der Waals surface area contributed by atoms with Crippen molar-refractivity contribution in [2.24, 2.45) is 0 Å². The molecule has 7 heteroatoms. The number of aromatic nitrogens is 1. The molecule has 1 N–H and O–H groups in total. The fourth-order valence-electron chi connectivity index (χ4n) is 1.56. The van der Waals surface area contributed by atoms with Crippen LogP contribution in [0.15, 0.2) is 41.3 Å². The van der Waals surface area contributed by atoms with Gasteiger partial charge in [0.15, 0.2) is 0 Å². The summed E-state index contributed by atoms with van der Waals surface area (Å²) in [6.45, 7) is -0.310. The summed E-state index contributed by atoms with van der Waals surface area (Å²) in [7, 11) is 0. The molecule has 2 aromatic rings. The zero-order chi connectivity index (χ0) is 14.7. The van der Waals surface area contributed by atoms with E-state index in [1.807, 2.05) is 0 Å². The standard InChI is InChI=1S/C13H9Cl2FN2O2/c14-8-1-3-11(10(15)5-8)17-12(19)7-18-6-9(16)2-4-13(18)20/h1-6H,7H2,(H,17,19). The zero-order valence-electron chi connectivity index (χ0n) is 10.1. The third kappa shape index (κ3) is 3.59. The van der Waals surface area contributed by atoms with Crippen LogP contribution in [0.1, 0.15) is 0 Å². The number of halogens is 3. The second-order valence-electron chi connectivity index (χ2n) is 3.99. The molecule has 0 aliphatic rings. The minimum atomic E-state index is -0.595. The van der Waals surface area contributed by atoms with Crippen LogP contribution in [0.25, 0.3) is 0 Å². The summed E-state index contributed by atoms with van der Waals surface area (Å²) in [5, 5.41) is 3.24. The average molecular weight is 315 g/mol. The van der Waals surface area contributed by atoms with Gasteiger partial charge in [-0.3, -0.25) is 9.59 Å². The number of amides is 1. The molecule has 1 aromatic heterocycles. The summed E-state index contributed by atoms with van der Waals surface area (Å²) >= 11 is 11.6. The number of benzene rings is 1. The van der Waals surface area contributed by atoms with Crippen molar-refractivity contribution < 1.29 is 9.18 Å². The van der Waals surface area contributed by atoms with Gasteiger partial charge in [-0.25, -0.2) is 4.39 Å². The van der Waals surface area contributed by atoms with Gasteiger partial charge in [0.1, 0.15) is 12.4 Å². The van der Waals surface area contributed by atoms with E-state index < -0.39 is 17.3 Å². The number of hydrogen-bond donors (Lipinski definition) is 1. The first kappa shape index (κ1) is 14.6. The number of carbonyl (C=O) groups is 1. The molecule has 20 heavy (non-hydrogen) atoms. The topological polar surface area (TPSA) is 51.1 Å². The maximum absolute atomic E-state index is 13.0. The number of anilines is 1. The molecule has 0 saturated carbocycles. The third-order valence-electron chi connectivity index (χ3n) is 2.47. The van der Waals surface area contributed by atoms with Crippen LogP contribution in [0.3, 0.4) is 0 Å². The van der Waals surface area contributed by atoms with Crippen LogP contribution in [0.4, 0.5) is 10.1 Å². The van der Waals surface area contributed by atoms with Crippen LogP contribution in [-0.4, -0.2) is 10.5 Å². The molecule has 104 valence electrons. The van der Waals surface area contributed by atoms with E-state index in [2.05, 4.69) is 5.32 Å². The summed E-state index contributed by atoms with van der Waals surface area (Å²) in [4.78, 5) is 23.2. The lowest BCUT2D eigenvalue weighted by atomic mass is 10.3. The van der Waals surface area contributed by atoms with Crippen molar-refractivity contribution in [1.29, 1.82) is 0 Å². The molecule has 0 saturated heterocycles. The Morgan fingerprint density at radius 1 is 1.25 bits per heavy atom. The van der Waals surface area contributed by atoms with Gasteiger partial charge in [0.05, 0.1) is 10.7 Å². The van der Waals surface area contributed by atoms with Crippen LogP contribution in [-0.2, 0) is 11.3 Å². The Hall–Kier alpha value is -1.85. The van der Waals surface area contributed by atoms with Crippen molar-refractivity contribution in [3.8, 4) is 0 Å². The molecule has 2 rings (SSSR count). The van der Waals surface area contributed by atoms with Gasteiger partial charge in [0.25, 0.3) is 5.56 Å². The Kier molecular flexibility index (Phi) is 4.42. The van der Waals surface area contributed by atoms with Gasteiger partial charge in [0, 0.05) is 17.3 Å². The third-order valence-corrected chi connectivity index (χ3v) is 3.01. The highest BCUT2D eigenvalue weighted by Crippen LogP contribution is 2.25. The normalized spacial score (nSPS) is 10.3. The molecular formula is C13H9Cl2FN2O2. The largest absolute Gasteiger partial charge is 0.323 e. The number of nitrogens with one attached hydrogen (secondary N) is 1. The Bertz CT molecular complexity index is 716. The monoisotopic (exact) mass is 314 g/mol. The minimum absolute atomic E-state index is 0.275. The van der Waals surface area contributed by atoms with Crippen molar-refractivity contribution >= 4 is 34.8 Å². The molecule has 0 fully saturated rings. The fraction of sp³-hybridized carbons (Fsp3) is 0.0769. The Labute approximate surface area is 123 Å². The number of pyridine rings is 1. The average Bonchev–Trinajstić information content (AvgIpc) is 2.37. The highest BCUT2D eigenvalue weighted by atomic mass is 35.5. The molecule has 0 unspecified atom stereocenters. The minimum Gasteiger partial charge on any atom is -0.323 e. The number of rotatable bonds is 3. The molecule has 1 heterocycles. The molecule has 0 atom stereocenters. The second-order valence-corrected chi connectivity index (χ2v) is 4.83. The van der Waals surface area contributed by atoms with Gasteiger partial charge < -0.3 is 9.88 Å². The van der Waals surface area contributed by atoms with E-state index >= 15 is 0 Å². The van der Waals surface area contributed by atoms with Gasteiger partial charge in [0.2, 0.25) is 5.91 Å². The van der Waals surface area contributed by atoms with E-state index in [9.17, 15) is 14.0 Å². The molecule has 4 nitrogen and oxygen atoms in total. The summed E-state index contributed by atoms with van der Waals surface area (Å²) in [5.74, 6) is -1.09. The molecule has 0 aliphatic heterocycles. The maximum atomic E-state index is 13.0. The van der Waals surface area contributed by atoms with Gasteiger partial charge in [-0.2, -0.15) is 0 Å². The lowest BCUT2D eigenvalue weighted by molar-refractivity contribution is -0.116. The smallest absolute Gasteiger partial charge is 0.251 e. The van der Waals surface area contributed by atoms with Crippen LogP contribution in [0.5, 0.6) is 0 Å². The van der Waals surface area contributed by atoms with E-state index in [0.29, 0.717) is 10.7 Å². The molecule has 0 aliphatic carbocycles. The SMILES string of the molecule is O=C(Cn1cc(F)ccc1=O)Nc1ccc(Cl)cc1Cl. The molecule has 1 aromatic carbocycles. The predicted molar refractivity (Wildman–Crippen MR) is 75.8 cm³/mol. The first-order valence-electron chi connectivity index (χ1n) is 5.56. The summed E-state index contributed by atoms with van der Waals surface area (Å²) in [5.41, 5.74) is -0.103. The zero-order valence-corrected chi connectivity index (χ0v) is 11.6. The molecular weight excluding hydrogens is 306 g/mol. The van der Waals surface area contributed by atoms with E-state index in [4.69, 9.17) is 23.2 Å². The first-order chi connectivity index (χ1) is 9.45. The Morgan fingerprint density at radius 3 is 2.70 bits per heavy atom.